The van der Waals surface area contributed by atoms with Crippen molar-refractivity contribution in [3.8, 4) is 0 Å². The lowest BCUT2D eigenvalue weighted by Gasteiger charge is -2.28. The molecular weight excluding hydrogens is 204 g/mol. The van der Waals surface area contributed by atoms with Crippen molar-refractivity contribution in [3.63, 3.8) is 0 Å². The molecule has 4 nitrogen and oxygen atoms in total. The number of carbonyl (C=O) groups excluding carboxylic acids is 2. The molecule has 2 aliphatic rings. The topological polar surface area (TPSA) is 49.4 Å². The van der Waals surface area contributed by atoms with E-state index in [1.165, 1.54) is 4.90 Å². The number of hydrogen-bond acceptors (Lipinski definition) is 3. The second kappa shape index (κ2) is 5.43. The van der Waals surface area contributed by atoms with E-state index in [1.807, 2.05) is 0 Å². The summed E-state index contributed by atoms with van der Waals surface area (Å²) >= 11 is 0. The van der Waals surface area contributed by atoms with E-state index < -0.39 is 0 Å². The Balaban J connectivity index is 1.94. The third-order valence-corrected chi connectivity index (χ3v) is 3.53. The summed E-state index contributed by atoms with van der Waals surface area (Å²) in [5, 5.41) is 3.30. The first kappa shape index (κ1) is 11.6. The molecule has 0 bridgehead atoms. The number of likely N-dealkylation sites (tertiary alicyclic amines) is 1. The van der Waals surface area contributed by atoms with E-state index in [4.69, 9.17) is 0 Å². The summed E-state index contributed by atoms with van der Waals surface area (Å²) in [5.74, 6) is 0.592. The number of hydrogen-bond donors (Lipinski definition) is 1. The van der Waals surface area contributed by atoms with Crippen LogP contribution in [0.15, 0.2) is 0 Å². The Kier molecular flexibility index (Phi) is 3.93. The maximum Gasteiger partial charge on any atom is 0.229 e. The summed E-state index contributed by atoms with van der Waals surface area (Å²) in [4.78, 5) is 25.1. The normalized spacial score (nSPS) is 24.6. The third-order valence-electron chi connectivity index (χ3n) is 3.53. The quantitative estimate of drug-likeness (QED) is 0.709. The second-order valence-corrected chi connectivity index (χ2v) is 4.80. The van der Waals surface area contributed by atoms with Gasteiger partial charge in [0.2, 0.25) is 11.8 Å². The molecule has 2 fully saturated rings. The van der Waals surface area contributed by atoms with Crippen LogP contribution in [0.1, 0.15) is 38.5 Å². The lowest BCUT2D eigenvalue weighted by Crippen LogP contribution is -2.41. The monoisotopic (exact) mass is 224 g/mol. The fraction of sp³-hybridized carbons (Fsp3) is 0.833. The van der Waals surface area contributed by atoms with Gasteiger partial charge in [0.25, 0.3) is 0 Å². The predicted octanol–water partition coefficient (Wildman–Crippen LogP) is 0.915. The average Bonchev–Trinajstić information content (AvgIpc) is 2.46. The molecule has 0 saturated carbocycles. The van der Waals surface area contributed by atoms with E-state index >= 15 is 0 Å². The minimum atomic E-state index is 0.0426. The van der Waals surface area contributed by atoms with Crippen LogP contribution in [-0.2, 0) is 9.59 Å². The molecule has 4 heteroatoms. The highest BCUT2D eigenvalue weighted by atomic mass is 16.2. The van der Waals surface area contributed by atoms with Gasteiger partial charge in [-0.3, -0.25) is 14.5 Å². The molecule has 0 aromatic heterocycles. The van der Waals surface area contributed by atoms with Gasteiger partial charge >= 0.3 is 0 Å². The molecule has 2 amide bonds. The van der Waals surface area contributed by atoms with Crippen LogP contribution < -0.4 is 5.32 Å². The molecule has 2 rings (SSSR count). The van der Waals surface area contributed by atoms with Gasteiger partial charge in [-0.1, -0.05) is 0 Å². The first-order valence-electron chi connectivity index (χ1n) is 6.31. The van der Waals surface area contributed by atoms with Crippen molar-refractivity contribution in [2.45, 2.75) is 38.5 Å². The van der Waals surface area contributed by atoms with E-state index in [9.17, 15) is 9.59 Å². The van der Waals surface area contributed by atoms with Gasteiger partial charge in [0.15, 0.2) is 0 Å². The molecule has 2 aliphatic heterocycles. The van der Waals surface area contributed by atoms with Crippen molar-refractivity contribution in [1.82, 2.24) is 10.2 Å². The molecule has 0 aliphatic carbocycles. The lowest BCUT2D eigenvalue weighted by atomic mass is 9.97. The Morgan fingerprint density at radius 3 is 2.19 bits per heavy atom. The number of piperidine rings is 1. The number of imide groups is 1. The molecule has 0 aromatic carbocycles. The van der Waals surface area contributed by atoms with Crippen LogP contribution in [0.2, 0.25) is 0 Å². The number of nitrogens with zero attached hydrogens (tertiary/aromatic N) is 1. The molecule has 0 unspecified atom stereocenters. The van der Waals surface area contributed by atoms with Crippen molar-refractivity contribution < 1.29 is 9.59 Å². The van der Waals surface area contributed by atoms with E-state index in [0.717, 1.165) is 38.8 Å². The zero-order chi connectivity index (χ0) is 11.4. The summed E-state index contributed by atoms with van der Waals surface area (Å²) in [6.45, 7) is 2.68. The van der Waals surface area contributed by atoms with Crippen molar-refractivity contribution in [2.24, 2.45) is 5.92 Å². The SMILES string of the molecule is O=C1CCCCC(=O)N1CC1CCNCC1. The maximum atomic E-state index is 11.8. The first-order chi connectivity index (χ1) is 7.77. The zero-order valence-corrected chi connectivity index (χ0v) is 9.71. The van der Waals surface area contributed by atoms with Crippen LogP contribution in [-0.4, -0.2) is 36.3 Å². The molecule has 1 N–H and O–H groups in total. The largest absolute Gasteiger partial charge is 0.317 e. The van der Waals surface area contributed by atoms with Gasteiger partial charge in [-0.15, -0.1) is 0 Å². The van der Waals surface area contributed by atoms with Gasteiger partial charge in [0, 0.05) is 19.4 Å². The van der Waals surface area contributed by atoms with Gasteiger partial charge in [-0.2, -0.15) is 0 Å². The number of rotatable bonds is 2. The van der Waals surface area contributed by atoms with E-state index in [0.29, 0.717) is 25.3 Å². The fourth-order valence-electron chi connectivity index (χ4n) is 2.49. The Morgan fingerprint density at radius 1 is 1.06 bits per heavy atom. The summed E-state index contributed by atoms with van der Waals surface area (Å²) in [6.07, 6.45) is 5.00. The number of nitrogens with one attached hydrogen (secondary N) is 1. The molecule has 90 valence electrons. The smallest absolute Gasteiger partial charge is 0.229 e. The zero-order valence-electron chi connectivity index (χ0n) is 9.71. The molecule has 2 heterocycles. The lowest BCUT2D eigenvalue weighted by molar-refractivity contribution is -0.144. The Morgan fingerprint density at radius 2 is 1.62 bits per heavy atom. The average molecular weight is 224 g/mol. The number of carbonyl (C=O) groups is 2. The van der Waals surface area contributed by atoms with E-state index in [-0.39, 0.29) is 11.8 Å². The molecule has 0 spiro atoms. The predicted molar refractivity (Wildman–Crippen MR) is 60.8 cm³/mol. The Labute approximate surface area is 96.4 Å². The van der Waals surface area contributed by atoms with Gasteiger partial charge in [0.05, 0.1) is 0 Å². The van der Waals surface area contributed by atoms with Crippen LogP contribution in [0.25, 0.3) is 0 Å². The van der Waals surface area contributed by atoms with Crippen molar-refractivity contribution in [1.29, 1.82) is 0 Å². The summed E-state index contributed by atoms with van der Waals surface area (Å²) in [6, 6.07) is 0. The minimum Gasteiger partial charge on any atom is -0.317 e. The van der Waals surface area contributed by atoms with Crippen molar-refractivity contribution >= 4 is 11.8 Å². The molecule has 0 atom stereocenters. The van der Waals surface area contributed by atoms with Crippen LogP contribution in [0.5, 0.6) is 0 Å². The summed E-state index contributed by atoms with van der Waals surface area (Å²) < 4.78 is 0. The van der Waals surface area contributed by atoms with E-state index in [1.54, 1.807) is 0 Å². The van der Waals surface area contributed by atoms with Gasteiger partial charge in [0.1, 0.15) is 0 Å². The Bertz CT molecular complexity index is 254. The first-order valence-corrected chi connectivity index (χ1v) is 6.31. The van der Waals surface area contributed by atoms with Crippen LogP contribution in [0.3, 0.4) is 0 Å². The van der Waals surface area contributed by atoms with Crippen LogP contribution in [0.4, 0.5) is 0 Å². The molecule has 16 heavy (non-hydrogen) atoms. The van der Waals surface area contributed by atoms with E-state index in [2.05, 4.69) is 5.32 Å². The van der Waals surface area contributed by atoms with Gasteiger partial charge < -0.3 is 5.32 Å². The molecule has 0 aromatic rings. The summed E-state index contributed by atoms with van der Waals surface area (Å²) in [7, 11) is 0. The summed E-state index contributed by atoms with van der Waals surface area (Å²) in [5.41, 5.74) is 0. The fourth-order valence-corrected chi connectivity index (χ4v) is 2.49. The second-order valence-electron chi connectivity index (χ2n) is 4.80. The molecule has 2 saturated heterocycles. The Hall–Kier alpha value is -0.900. The van der Waals surface area contributed by atoms with Gasteiger partial charge in [-0.05, 0) is 44.7 Å². The molecule has 0 radical (unpaired) electrons. The van der Waals surface area contributed by atoms with Crippen LogP contribution >= 0.6 is 0 Å². The minimum absolute atomic E-state index is 0.0426. The van der Waals surface area contributed by atoms with Crippen molar-refractivity contribution in [2.75, 3.05) is 19.6 Å². The molecular formula is C12H20N2O2. The van der Waals surface area contributed by atoms with Gasteiger partial charge in [-0.25, -0.2) is 0 Å². The maximum absolute atomic E-state index is 11.8. The number of amides is 2. The highest BCUT2D eigenvalue weighted by Gasteiger charge is 2.27. The highest BCUT2D eigenvalue weighted by Crippen LogP contribution is 2.18. The van der Waals surface area contributed by atoms with Crippen molar-refractivity contribution in [3.05, 3.63) is 0 Å². The highest BCUT2D eigenvalue weighted by molar-refractivity contribution is 5.96. The third kappa shape index (κ3) is 2.82. The van der Waals surface area contributed by atoms with Crippen LogP contribution in [0, 0.1) is 5.92 Å². The standard InChI is InChI=1S/C12H20N2O2/c15-11-3-1-2-4-12(16)14(11)9-10-5-7-13-8-6-10/h10,13H,1-9H2.